The van der Waals surface area contributed by atoms with Crippen molar-refractivity contribution in [1.29, 1.82) is 10.5 Å². The lowest BCUT2D eigenvalue weighted by Gasteiger charge is -2.17. The SMILES string of the molecule is N#Cc1cccc(-c2ccc(C#N)c(-c3ccc(-n4c5ccccc5c5ccc6oc7ccccc7c6c54)cc3-c3ccc4oc5ccccc5c4c3)c2)c1. The molecule has 0 fully saturated rings. The molecule has 0 aliphatic carbocycles. The predicted octanol–water partition coefficient (Wildman–Crippen LogP) is 13.3. The lowest BCUT2D eigenvalue weighted by Crippen LogP contribution is -1.97. The Bertz CT molecular complexity index is 3470. The fourth-order valence-corrected chi connectivity index (χ4v) is 8.38. The van der Waals surface area contributed by atoms with Gasteiger partial charge in [0, 0.05) is 38.2 Å². The number of hydrogen-bond donors (Lipinski definition) is 0. The molecule has 0 N–H and O–H groups in total. The number of hydrogen-bond acceptors (Lipinski definition) is 4. The number of nitriles is 2. The van der Waals surface area contributed by atoms with Crippen molar-refractivity contribution < 1.29 is 8.83 Å². The first-order valence-electron chi connectivity index (χ1n) is 18.1. The number of rotatable bonds is 4. The Hall–Kier alpha value is -7.86. The van der Waals surface area contributed by atoms with E-state index in [-0.39, 0.29) is 0 Å². The quantitative estimate of drug-likeness (QED) is 0.183. The highest BCUT2D eigenvalue weighted by Crippen LogP contribution is 2.44. The molecule has 0 amide bonds. The van der Waals surface area contributed by atoms with E-state index in [0.717, 1.165) is 105 Å². The van der Waals surface area contributed by atoms with Crippen LogP contribution in [-0.2, 0) is 0 Å². The molecule has 0 radical (unpaired) electrons. The standard InChI is InChI=1S/C50H27N3O2/c51-28-30-8-7-9-31(24-30)32-16-17-34(29-52)41(25-32)36-20-19-35(27-42(36)33-18-22-47-43(26-33)38-11-2-5-14-45(38)54-47)53-44-13-4-1-10-37(44)39-21-23-48-49(50(39)53)40-12-3-6-15-46(40)55-48/h1-27H. The Balaban J connectivity index is 1.23. The highest BCUT2D eigenvalue weighted by molar-refractivity contribution is 6.24. The highest BCUT2D eigenvalue weighted by atomic mass is 16.3. The normalized spacial score (nSPS) is 11.6. The molecule has 3 heterocycles. The molecule has 0 atom stereocenters. The molecule has 0 unspecified atom stereocenters. The summed E-state index contributed by atoms with van der Waals surface area (Å²) in [5.41, 5.74) is 13.2. The van der Waals surface area contributed by atoms with Crippen molar-refractivity contribution in [3.05, 3.63) is 175 Å². The van der Waals surface area contributed by atoms with Gasteiger partial charge in [-0.2, -0.15) is 10.5 Å². The summed E-state index contributed by atoms with van der Waals surface area (Å²) in [6.45, 7) is 0. The Morgan fingerprint density at radius 1 is 0.418 bits per heavy atom. The molecule has 11 rings (SSSR count). The van der Waals surface area contributed by atoms with E-state index < -0.39 is 0 Å². The van der Waals surface area contributed by atoms with Gasteiger partial charge < -0.3 is 13.4 Å². The van der Waals surface area contributed by atoms with Gasteiger partial charge in [0.1, 0.15) is 22.3 Å². The second kappa shape index (κ2) is 11.8. The fourth-order valence-electron chi connectivity index (χ4n) is 8.38. The highest BCUT2D eigenvalue weighted by Gasteiger charge is 2.21. The third kappa shape index (κ3) is 4.64. The van der Waals surface area contributed by atoms with Crippen LogP contribution in [0.25, 0.3) is 105 Å². The smallest absolute Gasteiger partial charge is 0.137 e. The van der Waals surface area contributed by atoms with Crippen molar-refractivity contribution in [3.8, 4) is 51.2 Å². The van der Waals surface area contributed by atoms with Crippen LogP contribution in [0.4, 0.5) is 0 Å². The van der Waals surface area contributed by atoms with Crippen molar-refractivity contribution in [2.75, 3.05) is 0 Å². The van der Waals surface area contributed by atoms with Gasteiger partial charge in [-0.1, -0.05) is 84.9 Å². The largest absolute Gasteiger partial charge is 0.456 e. The Morgan fingerprint density at radius 2 is 1.13 bits per heavy atom. The number of furan rings is 2. The molecule has 0 saturated heterocycles. The summed E-state index contributed by atoms with van der Waals surface area (Å²) >= 11 is 0. The first-order valence-corrected chi connectivity index (χ1v) is 18.1. The van der Waals surface area contributed by atoms with Crippen molar-refractivity contribution >= 4 is 65.7 Å². The van der Waals surface area contributed by atoms with Gasteiger partial charge in [0.05, 0.1) is 39.7 Å². The summed E-state index contributed by atoms with van der Waals surface area (Å²) < 4.78 is 15.0. The number of aromatic nitrogens is 1. The fraction of sp³-hybridized carbons (Fsp3) is 0. The zero-order valence-corrected chi connectivity index (χ0v) is 29.2. The van der Waals surface area contributed by atoms with E-state index >= 15 is 0 Å². The maximum absolute atomic E-state index is 10.5. The molecule has 5 nitrogen and oxygen atoms in total. The first-order chi connectivity index (χ1) is 27.2. The van der Waals surface area contributed by atoms with Crippen molar-refractivity contribution in [3.63, 3.8) is 0 Å². The molecule has 11 aromatic rings. The van der Waals surface area contributed by atoms with Crippen LogP contribution in [0.1, 0.15) is 11.1 Å². The van der Waals surface area contributed by atoms with Crippen LogP contribution < -0.4 is 0 Å². The van der Waals surface area contributed by atoms with Crippen molar-refractivity contribution in [2.24, 2.45) is 0 Å². The van der Waals surface area contributed by atoms with Crippen LogP contribution in [0.15, 0.2) is 173 Å². The zero-order valence-electron chi connectivity index (χ0n) is 29.2. The van der Waals surface area contributed by atoms with Gasteiger partial charge >= 0.3 is 0 Å². The van der Waals surface area contributed by atoms with Crippen LogP contribution in [0.5, 0.6) is 0 Å². The summed E-state index contributed by atoms with van der Waals surface area (Å²) in [5, 5.41) is 26.7. The maximum atomic E-state index is 10.5. The molecule has 5 heteroatoms. The monoisotopic (exact) mass is 701 g/mol. The van der Waals surface area contributed by atoms with Crippen molar-refractivity contribution in [1.82, 2.24) is 4.57 Å². The summed E-state index contributed by atoms with van der Waals surface area (Å²) in [6.07, 6.45) is 0. The van der Waals surface area contributed by atoms with Gasteiger partial charge in [-0.15, -0.1) is 0 Å². The average Bonchev–Trinajstić information content (AvgIpc) is 3.92. The van der Waals surface area contributed by atoms with Crippen LogP contribution in [0.2, 0.25) is 0 Å². The number of nitrogens with zero attached hydrogens (tertiary/aromatic N) is 3. The van der Waals surface area contributed by atoms with Gasteiger partial charge in [0.15, 0.2) is 0 Å². The topological polar surface area (TPSA) is 78.8 Å². The Kier molecular flexibility index (Phi) is 6.61. The maximum Gasteiger partial charge on any atom is 0.137 e. The average molecular weight is 702 g/mol. The van der Waals surface area contributed by atoms with Gasteiger partial charge in [-0.05, 0) is 107 Å². The minimum atomic E-state index is 0.562. The molecular formula is C50H27N3O2. The minimum Gasteiger partial charge on any atom is -0.456 e. The predicted molar refractivity (Wildman–Crippen MR) is 221 cm³/mol. The first kappa shape index (κ1) is 30.7. The van der Waals surface area contributed by atoms with Gasteiger partial charge in [-0.25, -0.2) is 0 Å². The molecule has 0 bridgehead atoms. The van der Waals surface area contributed by atoms with E-state index in [1.54, 1.807) is 6.07 Å². The van der Waals surface area contributed by atoms with Gasteiger partial charge in [-0.3, -0.25) is 0 Å². The molecule has 0 aliphatic heterocycles. The zero-order chi connectivity index (χ0) is 36.6. The van der Waals surface area contributed by atoms with E-state index in [9.17, 15) is 10.5 Å². The van der Waals surface area contributed by atoms with E-state index in [0.29, 0.717) is 11.1 Å². The minimum absolute atomic E-state index is 0.562. The molecule has 8 aromatic carbocycles. The lowest BCUT2D eigenvalue weighted by molar-refractivity contribution is 0.668. The second-order valence-corrected chi connectivity index (χ2v) is 13.9. The molecule has 0 aliphatic rings. The van der Waals surface area contributed by atoms with Crippen LogP contribution in [0, 0.1) is 22.7 Å². The third-order valence-electron chi connectivity index (χ3n) is 10.9. The molecule has 0 spiro atoms. The summed E-state index contributed by atoms with van der Waals surface area (Å²) in [6, 6.07) is 60.2. The van der Waals surface area contributed by atoms with Gasteiger partial charge in [0.2, 0.25) is 0 Å². The molecule has 254 valence electrons. The van der Waals surface area contributed by atoms with Crippen molar-refractivity contribution in [2.45, 2.75) is 0 Å². The molecule has 0 saturated carbocycles. The van der Waals surface area contributed by atoms with Crippen LogP contribution >= 0.6 is 0 Å². The number of para-hydroxylation sites is 3. The molecular weight excluding hydrogens is 675 g/mol. The third-order valence-corrected chi connectivity index (χ3v) is 10.9. The number of fused-ring (bicyclic) bond motifs is 10. The van der Waals surface area contributed by atoms with Crippen LogP contribution in [-0.4, -0.2) is 4.57 Å². The molecule has 3 aromatic heterocycles. The Morgan fingerprint density at radius 3 is 1.98 bits per heavy atom. The van der Waals surface area contributed by atoms with E-state index in [4.69, 9.17) is 8.83 Å². The molecule has 55 heavy (non-hydrogen) atoms. The van der Waals surface area contributed by atoms with E-state index in [1.165, 1.54) is 0 Å². The Labute approximate surface area is 314 Å². The summed E-state index contributed by atoms with van der Waals surface area (Å²) in [4.78, 5) is 0. The summed E-state index contributed by atoms with van der Waals surface area (Å²) in [5.74, 6) is 0. The number of benzene rings is 8. The van der Waals surface area contributed by atoms with Gasteiger partial charge in [0.25, 0.3) is 0 Å². The summed E-state index contributed by atoms with van der Waals surface area (Å²) in [7, 11) is 0. The van der Waals surface area contributed by atoms with E-state index in [2.05, 4.69) is 108 Å². The second-order valence-electron chi connectivity index (χ2n) is 13.9. The van der Waals surface area contributed by atoms with Crippen LogP contribution in [0.3, 0.4) is 0 Å². The van der Waals surface area contributed by atoms with E-state index in [1.807, 2.05) is 66.7 Å². The lowest BCUT2D eigenvalue weighted by atomic mass is 9.89.